The van der Waals surface area contributed by atoms with Gasteiger partial charge in [0.05, 0.1) is 11.5 Å². The minimum absolute atomic E-state index is 0.0694. The number of nitrogens with zero attached hydrogens (tertiary/aromatic N) is 7. The van der Waals surface area contributed by atoms with Gasteiger partial charge in [-0.25, -0.2) is 9.97 Å². The number of anilines is 2. The minimum Gasteiger partial charge on any atom is -0.489 e. The van der Waals surface area contributed by atoms with Crippen molar-refractivity contribution in [1.29, 1.82) is 0 Å². The Morgan fingerprint density at radius 1 is 1.33 bits per heavy atom. The topological polar surface area (TPSA) is 276 Å². The third-order valence-electron chi connectivity index (χ3n) is 6.96. The number of pyridine rings is 1. The monoisotopic (exact) mass is 675 g/mol. The Kier molecular flexibility index (Phi) is 9.39. The fourth-order valence-electron chi connectivity index (χ4n) is 4.61. The molecule has 3 aromatic heterocycles. The van der Waals surface area contributed by atoms with E-state index >= 15 is 0 Å². The molecule has 1 saturated heterocycles. The van der Waals surface area contributed by atoms with Gasteiger partial charge in [-0.05, 0) is 43.5 Å². The molecule has 21 heteroatoms. The predicted molar refractivity (Wildman–Crippen MR) is 163 cm³/mol. The zero-order chi connectivity index (χ0) is 33.1. The number of nitrogens with one attached hydrogen (secondary N) is 2. The Morgan fingerprint density at radius 2 is 2.13 bits per heavy atom. The van der Waals surface area contributed by atoms with Crippen LogP contribution in [0.4, 0.5) is 10.9 Å². The van der Waals surface area contributed by atoms with E-state index < -0.39 is 46.1 Å². The second-order valence-electron chi connectivity index (χ2n) is 10.4. The number of amides is 1. The fourth-order valence-corrected chi connectivity index (χ4v) is 5.61. The van der Waals surface area contributed by atoms with Gasteiger partial charge in [0.15, 0.2) is 16.6 Å². The summed E-state index contributed by atoms with van der Waals surface area (Å²) in [5, 5.41) is 24.9. The molecule has 4 aromatic rings. The summed E-state index contributed by atoms with van der Waals surface area (Å²) in [5.41, 5.74) is 9.93. The molecule has 1 aliphatic rings. The highest BCUT2D eigenvalue weighted by Gasteiger charge is 2.57. The molecule has 1 aliphatic heterocycles. The summed E-state index contributed by atoms with van der Waals surface area (Å²) >= 11 is 1.05. The number of β-lactam (4-membered cyclic amide) rings is 1. The van der Waals surface area contributed by atoms with E-state index in [0.29, 0.717) is 29.7 Å². The number of thiazole rings is 1. The van der Waals surface area contributed by atoms with Crippen molar-refractivity contribution in [2.24, 2.45) is 16.8 Å². The van der Waals surface area contributed by atoms with Crippen LogP contribution in [0, 0.1) is 5.92 Å². The normalized spacial score (nSPS) is 17.0. The molecule has 5 rings (SSSR count). The lowest BCUT2D eigenvalue weighted by Gasteiger charge is -2.50. The van der Waals surface area contributed by atoms with Crippen molar-refractivity contribution in [3.05, 3.63) is 47.4 Å². The number of tetrazole rings is 1. The van der Waals surface area contributed by atoms with Gasteiger partial charge in [-0.3, -0.25) is 14.1 Å². The smallest absolute Gasteiger partial charge is 0.418 e. The number of Topliss-reactive ketones (excluding diaryl/α,β-unsaturated/α-hetero) is 1. The lowest BCUT2D eigenvalue weighted by atomic mass is 9.74. The van der Waals surface area contributed by atoms with Crippen LogP contribution in [-0.2, 0) is 29.1 Å². The third kappa shape index (κ3) is 7.18. The lowest BCUT2D eigenvalue weighted by molar-refractivity contribution is -0.228. The van der Waals surface area contributed by atoms with Crippen molar-refractivity contribution in [3.8, 4) is 5.75 Å². The molecule has 1 unspecified atom stereocenters. The summed E-state index contributed by atoms with van der Waals surface area (Å²) in [6.45, 7) is 3.78. The number of ketones is 1. The quantitative estimate of drug-likeness (QED) is 0.0500. The molecule has 1 aromatic carbocycles. The number of hydrogen-bond donors (Lipinski definition) is 5. The van der Waals surface area contributed by atoms with Crippen LogP contribution < -0.4 is 21.5 Å². The first kappa shape index (κ1) is 32.6. The number of nitrogen functional groups attached to an aromatic ring is 1. The molecule has 46 heavy (non-hydrogen) atoms. The average Bonchev–Trinajstić information content (AvgIpc) is 3.71. The Bertz CT molecular complexity index is 1860. The van der Waals surface area contributed by atoms with E-state index in [1.165, 1.54) is 19.2 Å². The summed E-state index contributed by atoms with van der Waals surface area (Å²) in [7, 11) is -4.97. The maximum atomic E-state index is 13.5. The molecule has 0 bridgehead atoms. The van der Waals surface area contributed by atoms with Crippen molar-refractivity contribution in [1.82, 2.24) is 35.7 Å². The number of benzene rings is 1. The van der Waals surface area contributed by atoms with Crippen molar-refractivity contribution in [3.63, 3.8) is 0 Å². The van der Waals surface area contributed by atoms with Gasteiger partial charge in [-0.1, -0.05) is 10.4 Å². The number of nitrogens with two attached hydrogens (primary N) is 2. The molecular weight excluding hydrogens is 646 g/mol. The summed E-state index contributed by atoms with van der Waals surface area (Å²) in [6.07, 6.45) is 0.174. The average molecular weight is 676 g/mol. The zero-order valence-electron chi connectivity index (χ0n) is 24.4. The number of rotatable bonds is 15. The second kappa shape index (κ2) is 13.3. The van der Waals surface area contributed by atoms with Gasteiger partial charge in [0.1, 0.15) is 23.9 Å². The van der Waals surface area contributed by atoms with Crippen LogP contribution in [0.1, 0.15) is 37.9 Å². The highest BCUT2D eigenvalue weighted by molar-refractivity contribution is 7.80. The molecule has 244 valence electrons. The first-order valence-electron chi connectivity index (χ1n) is 13.6. The third-order valence-corrected chi connectivity index (χ3v) is 7.97. The Morgan fingerprint density at radius 3 is 2.78 bits per heavy atom. The predicted octanol–water partition coefficient (Wildman–Crippen LogP) is 0.629. The molecule has 0 radical (unpaired) electrons. The van der Waals surface area contributed by atoms with E-state index in [1.54, 1.807) is 18.3 Å². The van der Waals surface area contributed by atoms with E-state index in [4.69, 9.17) is 25.6 Å². The SMILES string of the molecule is CC1(C)C(CC(=O)/C(=N\O[C@H](COc2ccc3c(NCCN)nccc3c2)c2nn[nH]n2)c2csc(N)n2)C(=O)N1OS(=O)(=O)O. The van der Waals surface area contributed by atoms with Crippen LogP contribution in [0.25, 0.3) is 10.8 Å². The molecule has 4 heterocycles. The number of aromatic nitrogens is 6. The number of carbonyl (C=O) groups excluding carboxylic acids is 2. The molecule has 19 nitrogen and oxygen atoms in total. The molecule has 7 N–H and O–H groups in total. The van der Waals surface area contributed by atoms with Gasteiger partial charge in [0.2, 0.25) is 11.9 Å². The van der Waals surface area contributed by atoms with Gasteiger partial charge in [-0.15, -0.1) is 25.8 Å². The van der Waals surface area contributed by atoms with Crippen LogP contribution in [0.3, 0.4) is 0 Å². The number of H-pyrrole nitrogens is 1. The van der Waals surface area contributed by atoms with Crippen molar-refractivity contribution < 1.29 is 36.4 Å². The Hall–Kier alpha value is -4.83. The van der Waals surface area contributed by atoms with Crippen LogP contribution in [0.15, 0.2) is 41.0 Å². The van der Waals surface area contributed by atoms with Gasteiger partial charge < -0.3 is 26.4 Å². The lowest BCUT2D eigenvalue weighted by Crippen LogP contribution is -2.68. The number of ether oxygens (including phenoxy) is 1. The molecule has 1 fully saturated rings. The first-order chi connectivity index (χ1) is 21.9. The number of hydrogen-bond acceptors (Lipinski definition) is 17. The number of oxime groups is 1. The van der Waals surface area contributed by atoms with E-state index in [0.717, 1.165) is 22.1 Å². The zero-order valence-corrected chi connectivity index (χ0v) is 26.0. The van der Waals surface area contributed by atoms with Crippen LogP contribution in [-0.4, -0.2) is 91.3 Å². The van der Waals surface area contributed by atoms with Crippen LogP contribution in [0.5, 0.6) is 5.75 Å². The number of aromatic amines is 1. The van der Waals surface area contributed by atoms with E-state index in [1.807, 2.05) is 12.1 Å². The Balaban J connectivity index is 1.35. The fraction of sp³-hybridized carbons (Fsp3) is 0.360. The standard InChI is InChI=1S/C25H29N11O8S2/c1-25(2)16(23(38)36(25)44-46(39,40)41)10-18(37)20(17-12-45-24(27)30-17)33-43-19(22-31-34-35-32-22)11-42-14-3-4-15-13(9-14)5-7-28-21(15)29-8-6-26/h3-5,7,9,12,16,19H,6,8,10-11,26H2,1-2H3,(H2,27,30)(H,28,29)(H,39,40,41)(H,31,32,34,35)/b33-20-/t16?,19-/m1/s1. The van der Waals surface area contributed by atoms with Crippen LogP contribution in [0.2, 0.25) is 0 Å². The number of hydroxylamine groups is 2. The van der Waals surface area contributed by atoms with Crippen molar-refractivity contribution in [2.45, 2.75) is 31.9 Å². The first-order valence-corrected chi connectivity index (χ1v) is 15.8. The highest BCUT2D eigenvalue weighted by atomic mass is 32.3. The van der Waals surface area contributed by atoms with Gasteiger partial charge in [-0.2, -0.15) is 18.7 Å². The summed E-state index contributed by atoms with van der Waals surface area (Å²) in [4.78, 5) is 40.4. The van der Waals surface area contributed by atoms with E-state index in [2.05, 4.69) is 45.3 Å². The number of carbonyl (C=O) groups is 2. The van der Waals surface area contributed by atoms with E-state index in [-0.39, 0.29) is 29.0 Å². The largest absolute Gasteiger partial charge is 0.489 e. The molecule has 0 saturated carbocycles. The molecule has 0 aliphatic carbocycles. The minimum atomic E-state index is -4.97. The van der Waals surface area contributed by atoms with Gasteiger partial charge in [0.25, 0.3) is 5.91 Å². The molecule has 0 spiro atoms. The summed E-state index contributed by atoms with van der Waals surface area (Å²) < 4.78 is 41.7. The second-order valence-corrected chi connectivity index (χ2v) is 12.3. The molecule has 1 amide bonds. The van der Waals surface area contributed by atoms with E-state index in [9.17, 15) is 18.0 Å². The molecule has 2 atom stereocenters. The van der Waals surface area contributed by atoms with Gasteiger partial charge in [0, 0.05) is 36.5 Å². The van der Waals surface area contributed by atoms with Crippen LogP contribution >= 0.6 is 11.3 Å². The van der Waals surface area contributed by atoms with Crippen molar-refractivity contribution in [2.75, 3.05) is 30.7 Å². The van der Waals surface area contributed by atoms with Gasteiger partial charge >= 0.3 is 10.4 Å². The van der Waals surface area contributed by atoms with Crippen molar-refractivity contribution >= 4 is 60.9 Å². The Labute approximate surface area is 265 Å². The maximum Gasteiger partial charge on any atom is 0.418 e. The molecular formula is C25H29N11O8S2. The number of fused-ring (bicyclic) bond motifs is 1. The summed E-state index contributed by atoms with van der Waals surface area (Å²) in [5.74, 6) is -1.29. The maximum absolute atomic E-state index is 13.5. The highest BCUT2D eigenvalue weighted by Crippen LogP contribution is 2.40. The summed E-state index contributed by atoms with van der Waals surface area (Å²) in [6, 6.07) is 7.22.